The molecule has 4 rings (SSSR count). The fourth-order valence-corrected chi connectivity index (χ4v) is 7.60. The molecule has 0 spiro atoms. The number of carbonyl (C=O) groups excluding carboxylic acids is 2. The van der Waals surface area contributed by atoms with Crippen molar-refractivity contribution in [3.63, 3.8) is 0 Å². The second-order valence-corrected chi connectivity index (χ2v) is 9.84. The van der Waals surface area contributed by atoms with Crippen molar-refractivity contribution < 1.29 is 28.2 Å². The maximum Gasteiger partial charge on any atom is 0.305 e. The molecule has 0 saturated heterocycles. The fraction of sp³-hybridized carbons (Fsp3) is 0.826. The predicted octanol–water partition coefficient (Wildman–Crippen LogP) is 4.45. The molecule has 1 N–H and O–H groups in total. The van der Waals surface area contributed by atoms with Crippen LogP contribution in [-0.2, 0) is 14.3 Å². The number of carbonyl (C=O) groups is 2. The first-order chi connectivity index (χ1) is 13.7. The zero-order valence-corrected chi connectivity index (χ0v) is 17.5. The van der Waals surface area contributed by atoms with Crippen LogP contribution in [-0.4, -0.2) is 35.2 Å². The van der Waals surface area contributed by atoms with Crippen LogP contribution in [0.3, 0.4) is 0 Å². The third kappa shape index (κ3) is 2.84. The molecule has 0 unspecified atom stereocenters. The molecule has 4 aliphatic carbocycles. The van der Waals surface area contributed by atoms with Crippen molar-refractivity contribution in [1.29, 1.82) is 0 Å². The van der Waals surface area contributed by atoms with Gasteiger partial charge in [-0.05, 0) is 56.3 Å². The topological polar surface area (TPSA) is 63.6 Å². The fourth-order valence-electron chi connectivity index (χ4n) is 7.60. The number of rotatable bonds is 3. The number of ketones is 1. The molecule has 4 nitrogen and oxygen atoms in total. The Labute approximate surface area is 171 Å². The van der Waals surface area contributed by atoms with E-state index in [1.54, 1.807) is 6.92 Å². The molecule has 0 bridgehead atoms. The number of allylic oxidation sites excluding steroid dienone is 1. The van der Waals surface area contributed by atoms with Gasteiger partial charge in [-0.25, -0.2) is 8.78 Å². The lowest BCUT2D eigenvalue weighted by Gasteiger charge is -2.60. The maximum atomic E-state index is 15.3. The highest BCUT2D eigenvalue weighted by Gasteiger charge is 2.66. The molecule has 0 aromatic rings. The average molecular weight is 411 g/mol. The largest absolute Gasteiger partial charge is 0.462 e. The van der Waals surface area contributed by atoms with Gasteiger partial charge in [-0.1, -0.05) is 20.8 Å². The van der Waals surface area contributed by atoms with Crippen LogP contribution >= 0.6 is 0 Å². The summed E-state index contributed by atoms with van der Waals surface area (Å²) < 4.78 is 35.8. The highest BCUT2D eigenvalue weighted by atomic mass is 19.1. The number of hydrogen-bond donors (Lipinski definition) is 1. The minimum absolute atomic E-state index is 0.00925. The van der Waals surface area contributed by atoms with Gasteiger partial charge in [-0.15, -0.1) is 0 Å². The summed E-state index contributed by atoms with van der Waals surface area (Å²) in [6, 6.07) is 0. The van der Waals surface area contributed by atoms with Crippen LogP contribution in [0.25, 0.3) is 0 Å². The first-order valence-electron chi connectivity index (χ1n) is 11.1. The van der Waals surface area contributed by atoms with Gasteiger partial charge in [0.2, 0.25) is 0 Å². The minimum Gasteiger partial charge on any atom is -0.462 e. The van der Waals surface area contributed by atoms with Gasteiger partial charge < -0.3 is 9.84 Å². The lowest BCUT2D eigenvalue weighted by Crippen LogP contribution is -2.60. The van der Waals surface area contributed by atoms with Crippen LogP contribution in [0.1, 0.15) is 72.1 Å². The number of aliphatic hydroxyl groups excluding tert-OH is 1. The van der Waals surface area contributed by atoms with Crippen LogP contribution in [0.2, 0.25) is 0 Å². The molecule has 3 saturated carbocycles. The van der Waals surface area contributed by atoms with Gasteiger partial charge in [0.05, 0.1) is 6.10 Å². The molecule has 4 aliphatic rings. The Hall–Kier alpha value is -1.30. The van der Waals surface area contributed by atoms with E-state index in [2.05, 4.69) is 6.92 Å². The third-order valence-electron chi connectivity index (χ3n) is 8.82. The zero-order valence-electron chi connectivity index (χ0n) is 17.5. The summed E-state index contributed by atoms with van der Waals surface area (Å²) in [6.07, 6.45) is 1.18. The van der Waals surface area contributed by atoms with Gasteiger partial charge in [0.1, 0.15) is 12.3 Å². The predicted molar refractivity (Wildman–Crippen MR) is 103 cm³/mol. The van der Waals surface area contributed by atoms with E-state index in [4.69, 9.17) is 4.74 Å². The highest BCUT2D eigenvalue weighted by Crippen LogP contribution is 2.67. The van der Waals surface area contributed by atoms with E-state index in [0.29, 0.717) is 19.3 Å². The Morgan fingerprint density at radius 2 is 2.03 bits per heavy atom. The van der Waals surface area contributed by atoms with Gasteiger partial charge >= 0.3 is 5.97 Å². The molecule has 0 aliphatic heterocycles. The van der Waals surface area contributed by atoms with Crippen molar-refractivity contribution in [2.75, 3.05) is 0 Å². The molecule has 0 aromatic carbocycles. The molecule has 0 heterocycles. The average Bonchev–Trinajstić information content (AvgIpc) is 3.03. The van der Waals surface area contributed by atoms with Crippen molar-refractivity contribution in [3.05, 3.63) is 11.4 Å². The van der Waals surface area contributed by atoms with Gasteiger partial charge in [0, 0.05) is 29.2 Å². The second kappa shape index (κ2) is 7.14. The molecular formula is C23H32F2O4. The van der Waals surface area contributed by atoms with Crippen LogP contribution in [0, 0.1) is 28.6 Å². The Balaban J connectivity index is 1.74. The van der Waals surface area contributed by atoms with Crippen LogP contribution in [0.15, 0.2) is 11.4 Å². The van der Waals surface area contributed by atoms with Crippen molar-refractivity contribution in [1.82, 2.24) is 0 Å². The number of esters is 1. The summed E-state index contributed by atoms with van der Waals surface area (Å²) in [7, 11) is 0. The first kappa shape index (κ1) is 21.0. The highest BCUT2D eigenvalue weighted by molar-refractivity contribution is 5.95. The molecule has 29 heavy (non-hydrogen) atoms. The Bertz CT molecular complexity index is 749. The standard InChI is InChI=1S/C23H32F2O4/c1-4-18(28)29-17-7-6-13-12-10-14(24)20-21(25)15(26)8-9-22(20,3)19(12)16(27)11-23(13,17)5-2/h12-14,16-17,19,27H,4-11H2,1-3H3/t12-,13-,14-,16-,17+,19+,22+,23-/m0/s1. The maximum absolute atomic E-state index is 15.3. The number of Topliss-reactive ketones (excluding diaryl/α,β-unsaturated/α-hetero) is 1. The molecule has 162 valence electrons. The summed E-state index contributed by atoms with van der Waals surface area (Å²) in [4.78, 5) is 23.9. The van der Waals surface area contributed by atoms with Crippen molar-refractivity contribution >= 4 is 11.8 Å². The number of hydrogen-bond acceptors (Lipinski definition) is 4. The van der Waals surface area contributed by atoms with Gasteiger partial charge in [0.25, 0.3) is 0 Å². The van der Waals surface area contributed by atoms with E-state index in [0.717, 1.165) is 19.3 Å². The summed E-state index contributed by atoms with van der Waals surface area (Å²) in [5.41, 5.74) is -1.20. The molecule has 6 heteroatoms. The van der Waals surface area contributed by atoms with E-state index < -0.39 is 29.3 Å². The summed E-state index contributed by atoms with van der Waals surface area (Å²) in [5.74, 6) is -2.00. The third-order valence-corrected chi connectivity index (χ3v) is 8.82. The molecule has 0 amide bonds. The van der Waals surface area contributed by atoms with Gasteiger partial charge in [-0.2, -0.15) is 0 Å². The molecule has 8 atom stereocenters. The summed E-state index contributed by atoms with van der Waals surface area (Å²) in [6.45, 7) is 5.66. The van der Waals surface area contributed by atoms with E-state index in [1.165, 1.54) is 0 Å². The molecule has 0 radical (unpaired) electrons. The SMILES string of the molecule is CCC(=O)O[C@@H]1CC[C@H]2[C@@H]3C[C@H](F)C4=C(F)C(=O)CC[C@]4(C)[C@H]3[C@@H](O)C[C@]12CC. The summed E-state index contributed by atoms with van der Waals surface area (Å²) >= 11 is 0. The number of aliphatic hydroxyl groups is 1. The Morgan fingerprint density at radius 3 is 2.69 bits per heavy atom. The van der Waals surface area contributed by atoms with E-state index in [1.807, 2.05) is 6.92 Å². The Morgan fingerprint density at radius 1 is 1.31 bits per heavy atom. The number of halogens is 2. The van der Waals surface area contributed by atoms with E-state index in [9.17, 15) is 19.1 Å². The lowest BCUT2D eigenvalue weighted by molar-refractivity contribution is -0.178. The van der Waals surface area contributed by atoms with Gasteiger partial charge in [0.15, 0.2) is 11.6 Å². The number of alkyl halides is 1. The normalized spacial score (nSPS) is 46.8. The monoisotopic (exact) mass is 410 g/mol. The molecule has 0 aromatic heterocycles. The quantitative estimate of drug-likeness (QED) is 0.699. The van der Waals surface area contributed by atoms with Crippen LogP contribution in [0.4, 0.5) is 8.78 Å². The van der Waals surface area contributed by atoms with Gasteiger partial charge in [-0.3, -0.25) is 9.59 Å². The zero-order chi connectivity index (χ0) is 21.1. The Kier molecular flexibility index (Phi) is 5.16. The number of fused-ring (bicyclic) bond motifs is 5. The van der Waals surface area contributed by atoms with Crippen LogP contribution in [0.5, 0.6) is 0 Å². The smallest absolute Gasteiger partial charge is 0.305 e. The lowest BCUT2D eigenvalue weighted by atomic mass is 9.45. The van der Waals surface area contributed by atoms with Crippen LogP contribution < -0.4 is 0 Å². The van der Waals surface area contributed by atoms with Crippen molar-refractivity contribution in [2.45, 2.75) is 90.5 Å². The number of ether oxygens (including phenoxy) is 1. The minimum atomic E-state index is -1.50. The van der Waals surface area contributed by atoms with E-state index in [-0.39, 0.29) is 53.7 Å². The van der Waals surface area contributed by atoms with E-state index >= 15 is 4.39 Å². The van der Waals surface area contributed by atoms with Crippen molar-refractivity contribution in [2.24, 2.45) is 28.6 Å². The summed E-state index contributed by atoms with van der Waals surface area (Å²) in [5, 5.41) is 11.3. The molecular weight excluding hydrogens is 378 g/mol. The van der Waals surface area contributed by atoms with Crippen molar-refractivity contribution in [3.8, 4) is 0 Å². The first-order valence-corrected chi connectivity index (χ1v) is 11.1. The molecule has 3 fully saturated rings. The second-order valence-electron chi connectivity index (χ2n) is 9.84.